The molecule has 0 bridgehead atoms. The number of hydrogen-bond acceptors (Lipinski definition) is 3. The van der Waals surface area contributed by atoms with E-state index in [1.54, 1.807) is 0 Å². The molecule has 0 aliphatic rings. The third kappa shape index (κ3) is 3.55. The smallest absolute Gasteiger partial charge is 0.255 e. The van der Waals surface area contributed by atoms with Crippen LogP contribution in [-0.4, -0.2) is 23.4 Å². The van der Waals surface area contributed by atoms with Gasteiger partial charge in [-0.2, -0.15) is 0 Å². The summed E-state index contributed by atoms with van der Waals surface area (Å²) in [5.41, 5.74) is 3.25. The number of nitrogens with two attached hydrogens (primary N) is 1. The van der Waals surface area contributed by atoms with Gasteiger partial charge in [0.25, 0.3) is 5.91 Å². The largest absolute Gasteiger partial charge is 0.293 e. The third-order valence-corrected chi connectivity index (χ3v) is 2.98. The number of rotatable bonds is 6. The Balaban J connectivity index is 3.07. The number of amides is 1. The molecule has 1 amide bonds. The van der Waals surface area contributed by atoms with E-state index in [4.69, 9.17) is 5.84 Å². The number of carbonyl (C=O) groups is 1. The van der Waals surface area contributed by atoms with Crippen molar-refractivity contribution in [2.75, 3.05) is 6.54 Å². The standard InChI is InChI=1S/C14H23N3O/c1-4-10-17(11(2)3)13(14(18)16-15)12-8-6-5-7-9-12/h5-9,11,13H,4,10,15H2,1-3H3,(H,16,18). The van der Waals surface area contributed by atoms with Crippen LogP contribution in [0.15, 0.2) is 30.3 Å². The van der Waals surface area contributed by atoms with E-state index >= 15 is 0 Å². The molecular formula is C14H23N3O. The van der Waals surface area contributed by atoms with Crippen LogP contribution < -0.4 is 11.3 Å². The Morgan fingerprint density at radius 2 is 1.94 bits per heavy atom. The van der Waals surface area contributed by atoms with Crippen molar-refractivity contribution in [1.29, 1.82) is 0 Å². The zero-order valence-corrected chi connectivity index (χ0v) is 11.4. The minimum atomic E-state index is -0.323. The van der Waals surface area contributed by atoms with Gasteiger partial charge in [-0.1, -0.05) is 37.3 Å². The fraction of sp³-hybridized carbons (Fsp3) is 0.500. The van der Waals surface area contributed by atoms with E-state index in [0.717, 1.165) is 18.5 Å². The highest BCUT2D eigenvalue weighted by Gasteiger charge is 2.28. The lowest BCUT2D eigenvalue weighted by Crippen LogP contribution is -2.46. The fourth-order valence-corrected chi connectivity index (χ4v) is 2.15. The second kappa shape index (κ2) is 7.13. The normalized spacial score (nSPS) is 12.8. The minimum Gasteiger partial charge on any atom is -0.293 e. The Morgan fingerprint density at radius 1 is 1.33 bits per heavy atom. The molecule has 100 valence electrons. The second-order valence-corrected chi connectivity index (χ2v) is 4.65. The lowest BCUT2D eigenvalue weighted by Gasteiger charge is -2.33. The van der Waals surface area contributed by atoms with Crippen LogP contribution in [0.1, 0.15) is 38.8 Å². The summed E-state index contributed by atoms with van der Waals surface area (Å²) in [6, 6.07) is 9.72. The molecule has 4 heteroatoms. The summed E-state index contributed by atoms with van der Waals surface area (Å²) < 4.78 is 0. The van der Waals surface area contributed by atoms with Gasteiger partial charge >= 0.3 is 0 Å². The first kappa shape index (κ1) is 14.7. The molecule has 0 saturated heterocycles. The molecule has 0 aliphatic heterocycles. The van der Waals surface area contributed by atoms with E-state index in [0.29, 0.717) is 0 Å². The molecule has 0 spiro atoms. The first-order valence-corrected chi connectivity index (χ1v) is 6.43. The number of nitrogens with zero attached hydrogens (tertiary/aromatic N) is 1. The van der Waals surface area contributed by atoms with Gasteiger partial charge in [-0.05, 0) is 32.4 Å². The highest BCUT2D eigenvalue weighted by Crippen LogP contribution is 2.23. The highest BCUT2D eigenvalue weighted by molar-refractivity contribution is 5.82. The molecule has 18 heavy (non-hydrogen) atoms. The zero-order chi connectivity index (χ0) is 13.5. The Morgan fingerprint density at radius 3 is 2.39 bits per heavy atom. The maximum atomic E-state index is 12.1. The van der Waals surface area contributed by atoms with Crippen molar-refractivity contribution >= 4 is 5.91 Å². The molecule has 0 heterocycles. The Labute approximate surface area is 109 Å². The summed E-state index contributed by atoms with van der Waals surface area (Å²) in [4.78, 5) is 14.2. The quantitative estimate of drug-likeness (QED) is 0.459. The molecule has 0 aliphatic carbocycles. The van der Waals surface area contributed by atoms with Crippen LogP contribution >= 0.6 is 0 Å². The van der Waals surface area contributed by atoms with E-state index in [1.807, 2.05) is 30.3 Å². The van der Waals surface area contributed by atoms with Crippen molar-refractivity contribution in [3.05, 3.63) is 35.9 Å². The minimum absolute atomic E-state index is 0.164. The number of hydrogen-bond donors (Lipinski definition) is 2. The number of carbonyl (C=O) groups excluding carboxylic acids is 1. The average Bonchev–Trinajstić information content (AvgIpc) is 2.39. The van der Waals surface area contributed by atoms with Crippen molar-refractivity contribution < 1.29 is 4.79 Å². The van der Waals surface area contributed by atoms with Gasteiger partial charge in [0.15, 0.2) is 0 Å². The van der Waals surface area contributed by atoms with Gasteiger partial charge in [-0.3, -0.25) is 15.1 Å². The molecule has 1 atom stereocenters. The van der Waals surface area contributed by atoms with E-state index in [1.165, 1.54) is 0 Å². The second-order valence-electron chi connectivity index (χ2n) is 4.65. The molecular weight excluding hydrogens is 226 g/mol. The Bertz CT molecular complexity index is 365. The van der Waals surface area contributed by atoms with Crippen molar-refractivity contribution in [1.82, 2.24) is 10.3 Å². The molecule has 1 rings (SSSR count). The lowest BCUT2D eigenvalue weighted by atomic mass is 10.0. The first-order valence-electron chi connectivity index (χ1n) is 6.43. The lowest BCUT2D eigenvalue weighted by molar-refractivity contribution is -0.127. The highest BCUT2D eigenvalue weighted by atomic mass is 16.2. The van der Waals surface area contributed by atoms with Crippen molar-refractivity contribution in [3.63, 3.8) is 0 Å². The maximum absolute atomic E-state index is 12.1. The number of nitrogens with one attached hydrogen (secondary N) is 1. The van der Waals surface area contributed by atoms with Gasteiger partial charge in [-0.15, -0.1) is 0 Å². The molecule has 0 radical (unpaired) electrons. The topological polar surface area (TPSA) is 58.4 Å². The van der Waals surface area contributed by atoms with E-state index in [-0.39, 0.29) is 18.0 Å². The monoisotopic (exact) mass is 249 g/mol. The molecule has 1 aromatic carbocycles. The van der Waals surface area contributed by atoms with Gasteiger partial charge in [-0.25, -0.2) is 5.84 Å². The molecule has 4 nitrogen and oxygen atoms in total. The third-order valence-electron chi connectivity index (χ3n) is 2.98. The average molecular weight is 249 g/mol. The van der Waals surface area contributed by atoms with Crippen LogP contribution in [0.2, 0.25) is 0 Å². The molecule has 0 aromatic heterocycles. The van der Waals surface area contributed by atoms with Gasteiger partial charge < -0.3 is 0 Å². The SMILES string of the molecule is CCCN(C(C)C)C(C(=O)NN)c1ccccc1. The number of benzene rings is 1. The van der Waals surface area contributed by atoms with Crippen molar-refractivity contribution in [2.45, 2.75) is 39.3 Å². The number of hydrazine groups is 1. The summed E-state index contributed by atoms with van der Waals surface area (Å²) in [6.07, 6.45) is 0.999. The fourth-order valence-electron chi connectivity index (χ4n) is 2.15. The van der Waals surface area contributed by atoms with Gasteiger partial charge in [0.1, 0.15) is 6.04 Å². The Kier molecular flexibility index (Phi) is 5.82. The van der Waals surface area contributed by atoms with Crippen LogP contribution in [0.25, 0.3) is 0 Å². The van der Waals surface area contributed by atoms with E-state index in [9.17, 15) is 4.79 Å². The summed E-state index contributed by atoms with van der Waals surface area (Å²) in [5, 5.41) is 0. The van der Waals surface area contributed by atoms with E-state index in [2.05, 4.69) is 31.1 Å². The zero-order valence-electron chi connectivity index (χ0n) is 11.4. The van der Waals surface area contributed by atoms with Gasteiger partial charge in [0.05, 0.1) is 0 Å². The molecule has 0 fully saturated rings. The van der Waals surface area contributed by atoms with Crippen molar-refractivity contribution in [2.24, 2.45) is 5.84 Å². The maximum Gasteiger partial charge on any atom is 0.255 e. The molecule has 3 N–H and O–H groups in total. The van der Waals surface area contributed by atoms with Gasteiger partial charge in [0, 0.05) is 6.04 Å². The van der Waals surface area contributed by atoms with Crippen LogP contribution in [0.4, 0.5) is 0 Å². The summed E-state index contributed by atoms with van der Waals surface area (Å²) in [7, 11) is 0. The summed E-state index contributed by atoms with van der Waals surface area (Å²) in [5.74, 6) is 5.15. The molecule has 1 unspecified atom stereocenters. The van der Waals surface area contributed by atoms with Crippen molar-refractivity contribution in [3.8, 4) is 0 Å². The summed E-state index contributed by atoms with van der Waals surface area (Å²) >= 11 is 0. The first-order chi connectivity index (χ1) is 8.61. The summed E-state index contributed by atoms with van der Waals surface area (Å²) in [6.45, 7) is 7.16. The Hall–Kier alpha value is -1.39. The van der Waals surface area contributed by atoms with Crippen LogP contribution in [0, 0.1) is 0 Å². The van der Waals surface area contributed by atoms with Crippen LogP contribution in [-0.2, 0) is 4.79 Å². The van der Waals surface area contributed by atoms with Crippen LogP contribution in [0.5, 0.6) is 0 Å². The van der Waals surface area contributed by atoms with E-state index < -0.39 is 0 Å². The van der Waals surface area contributed by atoms with Crippen LogP contribution in [0.3, 0.4) is 0 Å². The molecule has 0 saturated carbocycles. The predicted octanol–water partition coefficient (Wildman–Crippen LogP) is 1.84. The van der Waals surface area contributed by atoms with Gasteiger partial charge in [0.2, 0.25) is 0 Å². The molecule has 1 aromatic rings. The predicted molar refractivity (Wildman–Crippen MR) is 73.6 cm³/mol.